The van der Waals surface area contributed by atoms with E-state index in [2.05, 4.69) is 17.5 Å². The number of fused-ring (bicyclic) bond motifs is 1. The van der Waals surface area contributed by atoms with Crippen LogP contribution in [0.5, 0.6) is 11.5 Å². The lowest BCUT2D eigenvalue weighted by molar-refractivity contribution is -0.123. The van der Waals surface area contributed by atoms with Gasteiger partial charge in [-0.25, -0.2) is 10.2 Å². The molecule has 1 N–H and O–H groups in total. The molecule has 1 amide bonds. The Morgan fingerprint density at radius 3 is 2.38 bits per heavy atom. The smallest absolute Gasteiger partial charge is 0.343 e. The number of hydrazone groups is 1. The number of ether oxygens (including phenoxy) is 2. The number of nitrogens with one attached hydrogen (secondary N) is 1. The standard InChI is InChI=1S/C28H24N2O4/c1-2-20-12-15-23(16-13-20)33-19-27(31)30-29-18-25-24-11-7-6-8-21(24)14-17-26(25)34-28(32)22-9-4-3-5-10-22/h3-18H,2,19H2,1H3,(H,30,31)/b29-18-. The van der Waals surface area contributed by atoms with Crippen LogP contribution in [0.1, 0.15) is 28.4 Å². The number of rotatable bonds is 8. The summed E-state index contributed by atoms with van der Waals surface area (Å²) in [6, 6.07) is 27.6. The molecule has 0 heterocycles. The van der Waals surface area contributed by atoms with Gasteiger partial charge in [-0.15, -0.1) is 0 Å². The molecular formula is C28H24N2O4. The number of esters is 1. The Hall–Kier alpha value is -4.45. The van der Waals surface area contributed by atoms with Crippen LogP contribution in [0.4, 0.5) is 0 Å². The minimum absolute atomic E-state index is 0.172. The molecule has 6 heteroatoms. The van der Waals surface area contributed by atoms with Gasteiger partial charge < -0.3 is 9.47 Å². The topological polar surface area (TPSA) is 77.0 Å². The predicted octanol–water partition coefficient (Wildman–Crippen LogP) is 5.15. The zero-order valence-electron chi connectivity index (χ0n) is 18.7. The molecule has 0 aliphatic carbocycles. The molecular weight excluding hydrogens is 428 g/mol. The molecule has 6 nitrogen and oxygen atoms in total. The van der Waals surface area contributed by atoms with Crippen LogP contribution >= 0.6 is 0 Å². The minimum atomic E-state index is -0.475. The highest BCUT2D eigenvalue weighted by atomic mass is 16.5. The number of nitrogens with zero attached hydrogens (tertiary/aromatic N) is 1. The van der Waals surface area contributed by atoms with E-state index < -0.39 is 11.9 Å². The van der Waals surface area contributed by atoms with Gasteiger partial charge in [0.25, 0.3) is 5.91 Å². The van der Waals surface area contributed by atoms with Gasteiger partial charge in [0.05, 0.1) is 11.8 Å². The van der Waals surface area contributed by atoms with Gasteiger partial charge in [-0.2, -0.15) is 5.10 Å². The van der Waals surface area contributed by atoms with E-state index in [0.717, 1.165) is 17.2 Å². The first-order valence-corrected chi connectivity index (χ1v) is 11.0. The largest absolute Gasteiger partial charge is 0.484 e. The first kappa shape index (κ1) is 22.7. The molecule has 4 aromatic carbocycles. The van der Waals surface area contributed by atoms with Crippen LogP contribution in [0.25, 0.3) is 10.8 Å². The van der Waals surface area contributed by atoms with E-state index >= 15 is 0 Å². The number of hydrogen-bond acceptors (Lipinski definition) is 5. The summed E-state index contributed by atoms with van der Waals surface area (Å²) in [6.07, 6.45) is 2.41. The van der Waals surface area contributed by atoms with Crippen LogP contribution in [0.2, 0.25) is 0 Å². The zero-order chi connectivity index (χ0) is 23.8. The average molecular weight is 453 g/mol. The summed E-state index contributed by atoms with van der Waals surface area (Å²) < 4.78 is 11.2. The lowest BCUT2D eigenvalue weighted by atomic mass is 10.0. The molecule has 0 saturated carbocycles. The summed E-state index contributed by atoms with van der Waals surface area (Å²) in [4.78, 5) is 24.8. The van der Waals surface area contributed by atoms with Crippen LogP contribution in [-0.4, -0.2) is 24.7 Å². The van der Waals surface area contributed by atoms with Gasteiger partial charge in [0.15, 0.2) is 6.61 Å². The van der Waals surface area contributed by atoms with Crippen molar-refractivity contribution < 1.29 is 19.1 Å². The Morgan fingerprint density at radius 1 is 0.882 bits per heavy atom. The van der Waals surface area contributed by atoms with Crippen LogP contribution in [0.15, 0.2) is 96.1 Å². The van der Waals surface area contributed by atoms with Crippen molar-refractivity contribution in [1.29, 1.82) is 0 Å². The van der Waals surface area contributed by atoms with E-state index in [1.165, 1.54) is 11.8 Å². The van der Waals surface area contributed by atoms with Crippen molar-refractivity contribution in [2.45, 2.75) is 13.3 Å². The molecule has 0 spiro atoms. The normalized spacial score (nSPS) is 10.9. The highest BCUT2D eigenvalue weighted by molar-refractivity contribution is 6.04. The van der Waals surface area contributed by atoms with Crippen molar-refractivity contribution in [1.82, 2.24) is 5.43 Å². The molecule has 0 aromatic heterocycles. The Labute approximate surface area is 197 Å². The fourth-order valence-electron chi connectivity index (χ4n) is 3.40. The number of benzene rings is 4. The summed E-state index contributed by atoms with van der Waals surface area (Å²) >= 11 is 0. The Morgan fingerprint density at radius 2 is 1.62 bits per heavy atom. The van der Waals surface area contributed by atoms with Crippen molar-refractivity contribution >= 4 is 28.9 Å². The van der Waals surface area contributed by atoms with E-state index in [1.54, 1.807) is 30.3 Å². The molecule has 0 radical (unpaired) electrons. The highest BCUT2D eigenvalue weighted by Gasteiger charge is 2.13. The fraction of sp³-hybridized carbons (Fsp3) is 0.107. The molecule has 34 heavy (non-hydrogen) atoms. The maximum Gasteiger partial charge on any atom is 0.343 e. The third-order valence-electron chi connectivity index (χ3n) is 5.23. The monoisotopic (exact) mass is 452 g/mol. The SMILES string of the molecule is CCc1ccc(OCC(=O)N/N=C\c2c(OC(=O)c3ccccc3)ccc3ccccc23)cc1. The first-order valence-electron chi connectivity index (χ1n) is 11.0. The maximum absolute atomic E-state index is 12.6. The van der Waals surface area contributed by atoms with Crippen LogP contribution in [-0.2, 0) is 11.2 Å². The summed E-state index contributed by atoms with van der Waals surface area (Å²) in [5.74, 6) is 0.0780. The van der Waals surface area contributed by atoms with Crippen LogP contribution in [0, 0.1) is 0 Å². The number of carbonyl (C=O) groups is 2. The number of amides is 1. The molecule has 4 rings (SSSR count). The Bertz CT molecular complexity index is 1320. The van der Waals surface area contributed by atoms with E-state index in [9.17, 15) is 9.59 Å². The van der Waals surface area contributed by atoms with Crippen molar-refractivity contribution in [3.05, 3.63) is 108 Å². The van der Waals surface area contributed by atoms with Crippen molar-refractivity contribution in [2.75, 3.05) is 6.61 Å². The minimum Gasteiger partial charge on any atom is -0.484 e. The molecule has 0 bridgehead atoms. The second-order valence-corrected chi connectivity index (χ2v) is 7.53. The summed E-state index contributed by atoms with van der Waals surface area (Å²) in [5, 5.41) is 5.87. The molecule has 0 unspecified atom stereocenters. The van der Waals surface area contributed by atoms with Gasteiger partial charge in [0.1, 0.15) is 11.5 Å². The van der Waals surface area contributed by atoms with Gasteiger partial charge in [0.2, 0.25) is 0 Å². The van der Waals surface area contributed by atoms with Gasteiger partial charge >= 0.3 is 5.97 Å². The molecule has 0 aliphatic heterocycles. The third-order valence-corrected chi connectivity index (χ3v) is 5.23. The average Bonchev–Trinajstić information content (AvgIpc) is 2.89. The van der Waals surface area contributed by atoms with E-state index in [4.69, 9.17) is 9.47 Å². The van der Waals surface area contributed by atoms with Crippen molar-refractivity contribution in [3.8, 4) is 11.5 Å². The van der Waals surface area contributed by atoms with Gasteiger partial charge in [-0.3, -0.25) is 4.79 Å². The second kappa shape index (κ2) is 10.9. The summed E-state index contributed by atoms with van der Waals surface area (Å²) in [6.45, 7) is 1.90. The summed E-state index contributed by atoms with van der Waals surface area (Å²) in [5.41, 5.74) is 4.68. The lowest BCUT2D eigenvalue weighted by Gasteiger charge is -2.10. The third kappa shape index (κ3) is 5.66. The van der Waals surface area contributed by atoms with Gasteiger partial charge in [0, 0.05) is 5.56 Å². The Kier molecular flexibility index (Phi) is 7.30. The predicted molar refractivity (Wildman–Crippen MR) is 132 cm³/mol. The number of aryl methyl sites for hydroxylation is 1. The second-order valence-electron chi connectivity index (χ2n) is 7.53. The van der Waals surface area contributed by atoms with Crippen LogP contribution in [0.3, 0.4) is 0 Å². The molecule has 0 aliphatic rings. The fourth-order valence-corrected chi connectivity index (χ4v) is 3.40. The van der Waals surface area contributed by atoms with Crippen molar-refractivity contribution in [3.63, 3.8) is 0 Å². The van der Waals surface area contributed by atoms with E-state index in [1.807, 2.05) is 60.7 Å². The molecule has 0 fully saturated rings. The first-order chi connectivity index (χ1) is 16.6. The molecule has 0 atom stereocenters. The quantitative estimate of drug-likeness (QED) is 0.174. The molecule has 170 valence electrons. The van der Waals surface area contributed by atoms with E-state index in [0.29, 0.717) is 22.6 Å². The lowest BCUT2D eigenvalue weighted by Crippen LogP contribution is -2.24. The van der Waals surface area contributed by atoms with Gasteiger partial charge in [-0.05, 0) is 53.1 Å². The van der Waals surface area contributed by atoms with Gasteiger partial charge in [-0.1, -0.05) is 67.6 Å². The molecule has 4 aromatic rings. The number of hydrogen-bond donors (Lipinski definition) is 1. The van der Waals surface area contributed by atoms with Crippen LogP contribution < -0.4 is 14.9 Å². The Balaban J connectivity index is 1.47. The maximum atomic E-state index is 12.6. The molecule has 0 saturated heterocycles. The zero-order valence-corrected chi connectivity index (χ0v) is 18.7. The highest BCUT2D eigenvalue weighted by Crippen LogP contribution is 2.27. The number of carbonyl (C=O) groups excluding carboxylic acids is 2. The summed E-state index contributed by atoms with van der Waals surface area (Å²) in [7, 11) is 0. The van der Waals surface area contributed by atoms with Crippen molar-refractivity contribution in [2.24, 2.45) is 5.10 Å². The van der Waals surface area contributed by atoms with E-state index in [-0.39, 0.29) is 6.61 Å².